The van der Waals surface area contributed by atoms with E-state index < -0.39 is 0 Å². The molecule has 2 aromatic rings. The van der Waals surface area contributed by atoms with Gasteiger partial charge in [-0.05, 0) is 37.5 Å². The van der Waals surface area contributed by atoms with Gasteiger partial charge in [0.2, 0.25) is 0 Å². The summed E-state index contributed by atoms with van der Waals surface area (Å²) in [5, 5.41) is 0. The van der Waals surface area contributed by atoms with Crippen molar-refractivity contribution < 1.29 is 4.79 Å². The van der Waals surface area contributed by atoms with Gasteiger partial charge in [-0.3, -0.25) is 18.9 Å². The number of amides is 1. The monoisotopic (exact) mass is 456 g/mol. The van der Waals surface area contributed by atoms with E-state index in [1.54, 1.807) is 21.6 Å². The lowest BCUT2D eigenvalue weighted by Gasteiger charge is -2.19. The summed E-state index contributed by atoms with van der Waals surface area (Å²) in [5.41, 5.74) is 0.928. The summed E-state index contributed by atoms with van der Waals surface area (Å²) < 4.78 is 2.11. The number of nitrogens with zero attached hydrogens (tertiary/aromatic N) is 4. The minimum atomic E-state index is -0.155. The second-order valence-electron chi connectivity index (χ2n) is 8.02. The van der Waals surface area contributed by atoms with Gasteiger partial charge in [-0.1, -0.05) is 62.7 Å². The average molecular weight is 457 g/mol. The first-order valence-electron chi connectivity index (χ1n) is 11.1. The van der Waals surface area contributed by atoms with Gasteiger partial charge < -0.3 is 4.90 Å². The van der Waals surface area contributed by atoms with Gasteiger partial charge in [0.05, 0.1) is 10.5 Å². The summed E-state index contributed by atoms with van der Waals surface area (Å²) in [6.07, 6.45) is 11.2. The number of rotatable bonds is 8. The van der Waals surface area contributed by atoms with Gasteiger partial charge in [0, 0.05) is 25.8 Å². The Morgan fingerprint density at radius 2 is 1.90 bits per heavy atom. The minimum absolute atomic E-state index is 0.101. The molecule has 0 radical (unpaired) electrons. The van der Waals surface area contributed by atoms with Crippen LogP contribution in [-0.2, 0) is 4.79 Å². The van der Waals surface area contributed by atoms with Gasteiger partial charge >= 0.3 is 0 Å². The second kappa shape index (κ2) is 9.96. The van der Waals surface area contributed by atoms with E-state index >= 15 is 0 Å². The highest BCUT2D eigenvalue weighted by Crippen LogP contribution is 2.34. The van der Waals surface area contributed by atoms with E-state index in [0.717, 1.165) is 38.8 Å². The number of hydrogen-bond donors (Lipinski definition) is 0. The molecule has 2 aliphatic rings. The van der Waals surface area contributed by atoms with Crippen LogP contribution in [0.4, 0.5) is 5.82 Å². The van der Waals surface area contributed by atoms with E-state index in [0.29, 0.717) is 32.8 Å². The van der Waals surface area contributed by atoms with Crippen molar-refractivity contribution in [3.05, 3.63) is 45.2 Å². The van der Waals surface area contributed by atoms with Gasteiger partial charge in [0.25, 0.3) is 11.5 Å². The Kier molecular flexibility index (Phi) is 7.07. The third-order valence-electron chi connectivity index (χ3n) is 5.79. The molecule has 0 saturated carbocycles. The quantitative estimate of drug-likeness (QED) is 0.332. The Labute approximate surface area is 192 Å². The van der Waals surface area contributed by atoms with Gasteiger partial charge in [-0.25, -0.2) is 4.98 Å². The molecular formula is C23H28N4O2S2. The van der Waals surface area contributed by atoms with Crippen molar-refractivity contribution in [2.75, 3.05) is 24.5 Å². The predicted octanol–water partition coefficient (Wildman–Crippen LogP) is 4.47. The summed E-state index contributed by atoms with van der Waals surface area (Å²) in [6, 6.07) is 5.52. The summed E-state index contributed by atoms with van der Waals surface area (Å²) in [4.78, 5) is 35.5. The smallest absolute Gasteiger partial charge is 0.267 e. The highest BCUT2D eigenvalue weighted by atomic mass is 32.2. The molecule has 1 amide bonds. The van der Waals surface area contributed by atoms with Crippen LogP contribution < -0.4 is 10.5 Å². The third-order valence-corrected chi connectivity index (χ3v) is 7.17. The van der Waals surface area contributed by atoms with Crippen molar-refractivity contribution in [3.63, 3.8) is 0 Å². The van der Waals surface area contributed by atoms with Crippen molar-refractivity contribution in [3.8, 4) is 0 Å². The molecule has 0 bridgehead atoms. The Balaban J connectivity index is 1.64. The molecule has 2 saturated heterocycles. The van der Waals surface area contributed by atoms with Gasteiger partial charge in [0.15, 0.2) is 0 Å². The first-order chi connectivity index (χ1) is 15.1. The van der Waals surface area contributed by atoms with Gasteiger partial charge in [0.1, 0.15) is 15.8 Å². The second-order valence-corrected chi connectivity index (χ2v) is 9.70. The minimum Gasteiger partial charge on any atom is -0.356 e. The number of unbranched alkanes of at least 4 members (excludes halogenated alkanes) is 4. The molecule has 164 valence electrons. The van der Waals surface area contributed by atoms with Crippen LogP contribution in [0.1, 0.15) is 57.4 Å². The van der Waals surface area contributed by atoms with Crippen LogP contribution in [-0.4, -0.2) is 44.1 Å². The number of carbonyl (C=O) groups excluding carboxylic acids is 1. The van der Waals surface area contributed by atoms with Crippen LogP contribution in [0.5, 0.6) is 0 Å². The van der Waals surface area contributed by atoms with Gasteiger partial charge in [-0.15, -0.1) is 0 Å². The maximum atomic E-state index is 13.3. The summed E-state index contributed by atoms with van der Waals surface area (Å²) >= 11 is 6.76. The van der Waals surface area contributed by atoms with Crippen molar-refractivity contribution >= 4 is 51.7 Å². The molecule has 4 heterocycles. The first-order valence-corrected chi connectivity index (χ1v) is 12.3. The largest absolute Gasteiger partial charge is 0.356 e. The van der Waals surface area contributed by atoms with Crippen LogP contribution >= 0.6 is 24.0 Å². The van der Waals surface area contributed by atoms with Crippen LogP contribution in [0.2, 0.25) is 0 Å². The topological polar surface area (TPSA) is 57.9 Å². The summed E-state index contributed by atoms with van der Waals surface area (Å²) in [7, 11) is 0. The molecule has 0 N–H and O–H groups in total. The number of hydrogen-bond acceptors (Lipinski definition) is 6. The fourth-order valence-corrected chi connectivity index (χ4v) is 5.38. The lowest BCUT2D eigenvalue weighted by molar-refractivity contribution is -0.122. The molecule has 6 nitrogen and oxygen atoms in total. The van der Waals surface area contributed by atoms with Crippen molar-refractivity contribution in [1.82, 2.24) is 14.3 Å². The normalized spacial score (nSPS) is 18.2. The van der Waals surface area contributed by atoms with E-state index in [-0.39, 0.29) is 11.5 Å². The number of carbonyl (C=O) groups is 1. The Morgan fingerprint density at radius 1 is 1.13 bits per heavy atom. The van der Waals surface area contributed by atoms with Crippen LogP contribution in [0, 0.1) is 0 Å². The Bertz CT molecular complexity index is 1070. The Morgan fingerprint density at radius 3 is 2.68 bits per heavy atom. The van der Waals surface area contributed by atoms with E-state index in [1.165, 1.54) is 31.0 Å². The Hall–Kier alpha value is -2.19. The maximum Gasteiger partial charge on any atom is 0.267 e. The zero-order valence-corrected chi connectivity index (χ0v) is 19.5. The first kappa shape index (κ1) is 22.0. The third kappa shape index (κ3) is 4.70. The van der Waals surface area contributed by atoms with E-state index in [4.69, 9.17) is 17.2 Å². The molecular weight excluding hydrogens is 428 g/mol. The number of thioether (sulfide) groups is 1. The lowest BCUT2D eigenvalue weighted by atomic mass is 10.1. The van der Waals surface area contributed by atoms with Crippen molar-refractivity contribution in [2.45, 2.75) is 51.9 Å². The number of anilines is 1. The summed E-state index contributed by atoms with van der Waals surface area (Å²) in [5.74, 6) is 0.564. The molecule has 4 rings (SSSR count). The van der Waals surface area contributed by atoms with Crippen molar-refractivity contribution in [2.24, 2.45) is 0 Å². The van der Waals surface area contributed by atoms with Crippen LogP contribution in [0.15, 0.2) is 34.1 Å². The highest BCUT2D eigenvalue weighted by Gasteiger charge is 2.32. The number of aromatic nitrogens is 2. The fraction of sp³-hybridized carbons (Fsp3) is 0.478. The van der Waals surface area contributed by atoms with Crippen LogP contribution in [0.3, 0.4) is 0 Å². The van der Waals surface area contributed by atoms with E-state index in [1.807, 2.05) is 18.2 Å². The molecule has 8 heteroatoms. The summed E-state index contributed by atoms with van der Waals surface area (Å²) in [6.45, 7) is 4.57. The molecule has 0 unspecified atom stereocenters. The van der Waals surface area contributed by atoms with Crippen LogP contribution in [0.25, 0.3) is 11.7 Å². The lowest BCUT2D eigenvalue weighted by Crippen LogP contribution is -2.29. The highest BCUT2D eigenvalue weighted by molar-refractivity contribution is 8.26. The zero-order valence-electron chi connectivity index (χ0n) is 17.9. The molecule has 2 aliphatic heterocycles. The van der Waals surface area contributed by atoms with E-state index in [2.05, 4.69) is 11.8 Å². The molecule has 31 heavy (non-hydrogen) atoms. The SMILES string of the molecule is CCCCCCCN1C(=O)C(=Cc2c(N3CCCC3)nc3ccccn3c2=O)SC1=S. The number of fused-ring (bicyclic) bond motifs is 1. The average Bonchev–Trinajstić information content (AvgIpc) is 3.39. The van der Waals surface area contributed by atoms with E-state index in [9.17, 15) is 9.59 Å². The number of thiocarbonyl (C=S) groups is 1. The molecule has 0 spiro atoms. The fourth-order valence-electron chi connectivity index (χ4n) is 4.08. The standard InChI is InChI=1S/C23H28N4O2S2/c1-2-3-4-5-7-15-27-22(29)18(31-23(27)30)16-17-20(25-12-9-10-13-25)24-19-11-6-8-14-26(19)21(17)28/h6,8,11,14,16H,2-5,7,9-10,12-13,15H2,1H3. The van der Waals surface area contributed by atoms with Gasteiger partial charge in [-0.2, -0.15) is 0 Å². The number of pyridine rings is 1. The molecule has 2 aromatic heterocycles. The zero-order chi connectivity index (χ0) is 21.8. The predicted molar refractivity (Wildman–Crippen MR) is 132 cm³/mol. The molecule has 0 aromatic carbocycles. The molecule has 0 atom stereocenters. The maximum absolute atomic E-state index is 13.3. The molecule has 2 fully saturated rings. The van der Waals surface area contributed by atoms with Crippen molar-refractivity contribution in [1.29, 1.82) is 0 Å². The molecule has 0 aliphatic carbocycles.